The number of benzene rings is 1. The van der Waals surface area contributed by atoms with Crippen molar-refractivity contribution in [3.05, 3.63) is 40.9 Å². The Morgan fingerprint density at radius 2 is 2.33 bits per heavy atom. The molecule has 0 aliphatic rings. The summed E-state index contributed by atoms with van der Waals surface area (Å²) in [6, 6.07) is 4.24. The van der Waals surface area contributed by atoms with Gasteiger partial charge in [-0.15, -0.1) is 0 Å². The third-order valence-electron chi connectivity index (χ3n) is 2.38. The fraction of sp³-hybridized carbons (Fsp3) is 0.182. The molecule has 0 unspecified atom stereocenters. The van der Waals surface area contributed by atoms with Gasteiger partial charge in [0.15, 0.2) is 0 Å². The number of aromatic hydroxyl groups is 1. The molecule has 0 spiro atoms. The summed E-state index contributed by atoms with van der Waals surface area (Å²) in [5.41, 5.74) is 0.249. The number of halogens is 1. The Morgan fingerprint density at radius 1 is 1.56 bits per heavy atom. The number of hydrogen-bond donors (Lipinski definition) is 2. The fourth-order valence-electron chi connectivity index (χ4n) is 1.49. The predicted octanol–water partition coefficient (Wildman–Crippen LogP) is 1.44. The van der Waals surface area contributed by atoms with Crippen molar-refractivity contribution in [2.45, 2.75) is 6.54 Å². The van der Waals surface area contributed by atoms with Crippen molar-refractivity contribution in [2.75, 3.05) is 7.05 Å². The molecule has 18 heavy (non-hydrogen) atoms. The molecule has 1 heterocycles. The topological polar surface area (TPSA) is 82.1 Å². The van der Waals surface area contributed by atoms with E-state index in [-0.39, 0.29) is 23.8 Å². The van der Waals surface area contributed by atoms with Crippen LogP contribution in [0.1, 0.15) is 16.2 Å². The molecule has 0 aliphatic carbocycles. The van der Waals surface area contributed by atoms with Crippen LogP contribution in [-0.4, -0.2) is 38.1 Å². The lowest BCUT2D eigenvalue weighted by molar-refractivity contribution is 0.0781. The number of carbonyl (C=O) groups is 1. The maximum absolute atomic E-state index is 12.1. The summed E-state index contributed by atoms with van der Waals surface area (Å²) in [6.45, 7) is 0.283. The van der Waals surface area contributed by atoms with Crippen LogP contribution in [-0.2, 0) is 6.54 Å². The second-order valence-electron chi connectivity index (χ2n) is 3.76. The average Bonchev–Trinajstić information content (AvgIpc) is 2.84. The first-order chi connectivity index (χ1) is 8.58. The fourth-order valence-corrected chi connectivity index (χ4v) is 1.68. The van der Waals surface area contributed by atoms with Crippen LogP contribution in [0, 0.1) is 0 Å². The minimum absolute atomic E-state index is 0.00387. The van der Waals surface area contributed by atoms with Crippen LogP contribution in [0.4, 0.5) is 0 Å². The van der Waals surface area contributed by atoms with Gasteiger partial charge in [-0.05, 0) is 18.2 Å². The molecule has 0 radical (unpaired) electrons. The smallest absolute Gasteiger partial charge is 0.255 e. The molecule has 0 aliphatic heterocycles. The Bertz CT molecular complexity index is 556. The maximum Gasteiger partial charge on any atom is 0.255 e. The summed E-state index contributed by atoms with van der Waals surface area (Å²) in [7, 11) is 1.62. The lowest BCUT2D eigenvalue weighted by atomic mass is 10.2. The van der Waals surface area contributed by atoms with Crippen molar-refractivity contribution in [3.8, 4) is 5.75 Å². The Morgan fingerprint density at radius 3 is 3.00 bits per heavy atom. The van der Waals surface area contributed by atoms with E-state index in [9.17, 15) is 9.90 Å². The lowest BCUT2D eigenvalue weighted by Gasteiger charge is -2.16. The Labute approximate surface area is 108 Å². The Hall–Kier alpha value is -2.08. The molecule has 1 aromatic carbocycles. The van der Waals surface area contributed by atoms with Gasteiger partial charge in [0.1, 0.15) is 17.9 Å². The van der Waals surface area contributed by atoms with Gasteiger partial charge >= 0.3 is 0 Å². The number of carbonyl (C=O) groups excluding carboxylic acids is 1. The van der Waals surface area contributed by atoms with E-state index in [2.05, 4.69) is 15.2 Å². The zero-order valence-corrected chi connectivity index (χ0v) is 10.3. The SMILES string of the molecule is CN(Cc1ncn[nH]1)C(=O)c1cc(O)ccc1Cl. The van der Waals surface area contributed by atoms with Crippen molar-refractivity contribution in [1.82, 2.24) is 20.1 Å². The minimum atomic E-state index is -0.299. The standard InChI is InChI=1S/C11H11ClN4O2/c1-16(5-10-13-6-14-15-10)11(18)8-4-7(17)2-3-9(8)12/h2-4,6,17H,5H2,1H3,(H,13,14,15). The van der Waals surface area contributed by atoms with E-state index in [1.54, 1.807) is 7.05 Å². The molecular formula is C11H11ClN4O2. The van der Waals surface area contributed by atoms with Crippen LogP contribution in [0.25, 0.3) is 0 Å². The number of rotatable bonds is 3. The first kappa shape index (κ1) is 12.4. The summed E-state index contributed by atoms with van der Waals surface area (Å²) in [4.78, 5) is 17.5. The number of amides is 1. The first-order valence-corrected chi connectivity index (χ1v) is 5.54. The molecule has 6 nitrogen and oxygen atoms in total. The van der Waals surface area contributed by atoms with E-state index in [4.69, 9.17) is 11.6 Å². The van der Waals surface area contributed by atoms with Crippen LogP contribution in [0.5, 0.6) is 5.75 Å². The average molecular weight is 267 g/mol. The molecule has 7 heteroatoms. The third kappa shape index (κ3) is 2.60. The second kappa shape index (κ2) is 5.05. The van der Waals surface area contributed by atoms with Gasteiger partial charge < -0.3 is 10.0 Å². The maximum atomic E-state index is 12.1. The van der Waals surface area contributed by atoms with Gasteiger partial charge in [0.25, 0.3) is 5.91 Å². The number of nitrogens with one attached hydrogen (secondary N) is 1. The van der Waals surface area contributed by atoms with Gasteiger partial charge in [0, 0.05) is 7.05 Å². The molecule has 0 fully saturated rings. The molecule has 1 aromatic heterocycles. The second-order valence-corrected chi connectivity index (χ2v) is 4.16. The molecule has 2 rings (SSSR count). The zero-order valence-electron chi connectivity index (χ0n) is 9.59. The van der Waals surface area contributed by atoms with E-state index in [0.29, 0.717) is 10.8 Å². The van der Waals surface area contributed by atoms with Crippen LogP contribution in [0.15, 0.2) is 24.5 Å². The van der Waals surface area contributed by atoms with Crippen LogP contribution < -0.4 is 0 Å². The summed E-state index contributed by atoms with van der Waals surface area (Å²) in [5, 5.41) is 16.0. The normalized spacial score (nSPS) is 10.3. The number of aromatic amines is 1. The number of phenolic OH excluding ortho intramolecular Hbond substituents is 1. The number of hydrogen-bond acceptors (Lipinski definition) is 4. The van der Waals surface area contributed by atoms with E-state index in [0.717, 1.165) is 0 Å². The highest BCUT2D eigenvalue weighted by Crippen LogP contribution is 2.22. The number of aromatic nitrogens is 3. The van der Waals surface area contributed by atoms with Gasteiger partial charge in [-0.3, -0.25) is 9.89 Å². The molecule has 94 valence electrons. The lowest BCUT2D eigenvalue weighted by Crippen LogP contribution is -2.27. The largest absolute Gasteiger partial charge is 0.508 e. The summed E-state index contributed by atoms with van der Waals surface area (Å²) in [6.07, 6.45) is 1.37. The quantitative estimate of drug-likeness (QED) is 0.881. The van der Waals surface area contributed by atoms with Crippen LogP contribution in [0.2, 0.25) is 5.02 Å². The number of nitrogens with zero attached hydrogens (tertiary/aromatic N) is 3. The molecule has 0 bridgehead atoms. The van der Waals surface area contributed by atoms with E-state index in [1.807, 2.05) is 0 Å². The van der Waals surface area contributed by atoms with Crippen LogP contribution >= 0.6 is 11.6 Å². The summed E-state index contributed by atoms with van der Waals surface area (Å²) in [5.74, 6) is 0.269. The van der Waals surface area contributed by atoms with Crippen LogP contribution in [0.3, 0.4) is 0 Å². The monoisotopic (exact) mass is 266 g/mol. The molecule has 0 saturated heterocycles. The van der Waals surface area contributed by atoms with Gasteiger partial charge in [-0.25, -0.2) is 4.98 Å². The van der Waals surface area contributed by atoms with Crippen molar-refractivity contribution >= 4 is 17.5 Å². The highest BCUT2D eigenvalue weighted by atomic mass is 35.5. The summed E-state index contributed by atoms with van der Waals surface area (Å²) < 4.78 is 0. The molecule has 2 aromatic rings. The van der Waals surface area contributed by atoms with E-state index in [1.165, 1.54) is 29.4 Å². The molecule has 2 N–H and O–H groups in total. The number of H-pyrrole nitrogens is 1. The highest BCUT2D eigenvalue weighted by molar-refractivity contribution is 6.33. The zero-order chi connectivity index (χ0) is 13.1. The highest BCUT2D eigenvalue weighted by Gasteiger charge is 2.16. The number of phenols is 1. The Kier molecular flexibility index (Phi) is 3.47. The van der Waals surface area contributed by atoms with Gasteiger partial charge in [0.2, 0.25) is 0 Å². The van der Waals surface area contributed by atoms with E-state index < -0.39 is 0 Å². The molecule has 0 atom stereocenters. The Balaban J connectivity index is 2.17. The molecular weight excluding hydrogens is 256 g/mol. The van der Waals surface area contributed by atoms with Gasteiger partial charge in [-0.1, -0.05) is 11.6 Å². The molecule has 1 amide bonds. The van der Waals surface area contributed by atoms with Crippen molar-refractivity contribution in [3.63, 3.8) is 0 Å². The van der Waals surface area contributed by atoms with Crippen molar-refractivity contribution < 1.29 is 9.90 Å². The van der Waals surface area contributed by atoms with Gasteiger partial charge in [0.05, 0.1) is 17.1 Å². The van der Waals surface area contributed by atoms with Crippen molar-refractivity contribution in [2.24, 2.45) is 0 Å². The third-order valence-corrected chi connectivity index (χ3v) is 2.71. The molecule has 0 saturated carbocycles. The predicted molar refractivity (Wildman–Crippen MR) is 65.3 cm³/mol. The van der Waals surface area contributed by atoms with Crippen molar-refractivity contribution in [1.29, 1.82) is 0 Å². The first-order valence-electron chi connectivity index (χ1n) is 5.16. The summed E-state index contributed by atoms with van der Waals surface area (Å²) >= 11 is 5.92. The van der Waals surface area contributed by atoms with Gasteiger partial charge in [-0.2, -0.15) is 5.10 Å². The van der Waals surface area contributed by atoms with E-state index >= 15 is 0 Å². The minimum Gasteiger partial charge on any atom is -0.508 e.